The summed E-state index contributed by atoms with van der Waals surface area (Å²) in [4.78, 5) is 27.3. The van der Waals surface area contributed by atoms with Crippen molar-refractivity contribution in [1.82, 2.24) is 10.2 Å². The molecular weight excluding hydrogens is 408 g/mol. The number of rotatable bonds is 6. The number of carbonyl (C=O) groups excluding carboxylic acids is 2. The summed E-state index contributed by atoms with van der Waals surface area (Å²) in [6.45, 7) is 5.79. The van der Waals surface area contributed by atoms with Gasteiger partial charge in [-0.1, -0.05) is 18.2 Å². The van der Waals surface area contributed by atoms with E-state index in [1.807, 2.05) is 51.1 Å². The molecule has 2 atom stereocenters. The monoisotopic (exact) mass is 438 g/mol. The zero-order chi connectivity index (χ0) is 23.0. The van der Waals surface area contributed by atoms with E-state index in [2.05, 4.69) is 5.32 Å². The standard InChI is InChI=1S/C25H30N2O5/c1-15-7-8-16(2)22(17(15)3)32-14-19(28)13-27-23(29)25(26-24(27)30)11-5-6-18-12-20(31-4)9-10-21(18)25/h7-10,12,19,28H,5-6,11,13-14H2,1-4H3,(H,26,30). The highest BCUT2D eigenvalue weighted by Gasteiger charge is 2.54. The number of aryl methyl sites for hydroxylation is 3. The summed E-state index contributed by atoms with van der Waals surface area (Å²) in [5.41, 5.74) is 3.82. The number of methoxy groups -OCH3 is 1. The smallest absolute Gasteiger partial charge is 0.325 e. The number of hydrogen-bond donors (Lipinski definition) is 2. The predicted molar refractivity (Wildman–Crippen MR) is 120 cm³/mol. The number of aliphatic hydroxyl groups is 1. The maximum Gasteiger partial charge on any atom is 0.325 e. The van der Waals surface area contributed by atoms with Crippen molar-refractivity contribution in [2.24, 2.45) is 0 Å². The average Bonchev–Trinajstić information content (AvgIpc) is 3.00. The first-order chi connectivity index (χ1) is 15.3. The highest BCUT2D eigenvalue weighted by molar-refractivity contribution is 6.07. The Hall–Kier alpha value is -3.06. The molecule has 0 radical (unpaired) electrons. The molecule has 3 amide bonds. The van der Waals surface area contributed by atoms with Gasteiger partial charge in [0.05, 0.1) is 13.7 Å². The third-order valence-corrected chi connectivity index (χ3v) is 6.63. The Balaban J connectivity index is 1.49. The second-order valence-electron chi connectivity index (χ2n) is 8.75. The Labute approximate surface area is 188 Å². The van der Waals surface area contributed by atoms with Gasteiger partial charge in [0.15, 0.2) is 0 Å². The van der Waals surface area contributed by atoms with E-state index < -0.39 is 17.7 Å². The Morgan fingerprint density at radius 1 is 1.16 bits per heavy atom. The molecule has 1 aliphatic heterocycles. The molecule has 32 heavy (non-hydrogen) atoms. The van der Waals surface area contributed by atoms with Gasteiger partial charge in [-0.2, -0.15) is 0 Å². The van der Waals surface area contributed by atoms with Gasteiger partial charge >= 0.3 is 6.03 Å². The normalized spacial score (nSPS) is 20.8. The summed E-state index contributed by atoms with van der Waals surface area (Å²) in [5.74, 6) is 1.13. The van der Waals surface area contributed by atoms with Gasteiger partial charge < -0.3 is 19.9 Å². The van der Waals surface area contributed by atoms with Crippen molar-refractivity contribution in [3.63, 3.8) is 0 Å². The number of amides is 3. The van der Waals surface area contributed by atoms with E-state index in [-0.39, 0.29) is 19.1 Å². The third-order valence-electron chi connectivity index (χ3n) is 6.63. The van der Waals surface area contributed by atoms with Crippen LogP contribution in [-0.2, 0) is 16.8 Å². The summed E-state index contributed by atoms with van der Waals surface area (Å²) in [6, 6.07) is 9.11. The van der Waals surface area contributed by atoms with E-state index in [9.17, 15) is 14.7 Å². The van der Waals surface area contributed by atoms with Gasteiger partial charge in [0.2, 0.25) is 0 Å². The van der Waals surface area contributed by atoms with Crippen molar-refractivity contribution in [3.05, 3.63) is 58.1 Å². The third kappa shape index (κ3) is 3.71. The van der Waals surface area contributed by atoms with Crippen LogP contribution in [-0.4, -0.2) is 48.3 Å². The molecule has 1 aliphatic carbocycles. The molecule has 1 fully saturated rings. The van der Waals surface area contributed by atoms with Crippen molar-refractivity contribution >= 4 is 11.9 Å². The molecular formula is C25H30N2O5. The van der Waals surface area contributed by atoms with E-state index in [0.717, 1.165) is 57.1 Å². The first-order valence-electron chi connectivity index (χ1n) is 11.0. The molecule has 2 unspecified atom stereocenters. The van der Waals surface area contributed by atoms with Crippen LogP contribution in [0.1, 0.15) is 40.7 Å². The van der Waals surface area contributed by atoms with Gasteiger partial charge in [-0.05, 0) is 80.0 Å². The molecule has 7 heteroatoms. The number of fused-ring (bicyclic) bond motifs is 2. The number of urea groups is 1. The molecule has 2 aromatic rings. The first-order valence-corrected chi connectivity index (χ1v) is 11.0. The molecule has 2 aromatic carbocycles. The largest absolute Gasteiger partial charge is 0.497 e. The molecule has 4 rings (SSSR count). The van der Waals surface area contributed by atoms with Crippen molar-refractivity contribution in [2.75, 3.05) is 20.3 Å². The van der Waals surface area contributed by atoms with Gasteiger partial charge in [0.1, 0.15) is 29.7 Å². The number of aliphatic hydroxyl groups excluding tert-OH is 1. The maximum atomic E-state index is 13.4. The van der Waals surface area contributed by atoms with Crippen LogP contribution in [0.2, 0.25) is 0 Å². The highest BCUT2D eigenvalue weighted by Crippen LogP contribution is 2.41. The molecule has 7 nitrogen and oxygen atoms in total. The first kappa shape index (κ1) is 22.1. The number of nitrogens with zero attached hydrogens (tertiary/aromatic N) is 1. The Morgan fingerprint density at radius 2 is 1.91 bits per heavy atom. The Kier molecular flexibility index (Phi) is 5.86. The topological polar surface area (TPSA) is 88.1 Å². The summed E-state index contributed by atoms with van der Waals surface area (Å²) in [6.07, 6.45) is 1.13. The summed E-state index contributed by atoms with van der Waals surface area (Å²) in [5, 5.41) is 13.5. The molecule has 170 valence electrons. The van der Waals surface area contributed by atoms with Gasteiger partial charge in [0, 0.05) is 0 Å². The molecule has 0 aromatic heterocycles. The minimum Gasteiger partial charge on any atom is -0.497 e. The summed E-state index contributed by atoms with van der Waals surface area (Å²) < 4.78 is 11.2. The molecule has 1 heterocycles. The minimum atomic E-state index is -1.08. The number of hydrogen-bond acceptors (Lipinski definition) is 5. The predicted octanol–water partition coefficient (Wildman–Crippen LogP) is 3.14. The number of β-amino-alcohol motifs (C(OH)–C–C–N with tert-alkyl or cyclic N) is 1. The van der Waals surface area contributed by atoms with Gasteiger partial charge in [0.25, 0.3) is 5.91 Å². The van der Waals surface area contributed by atoms with Crippen LogP contribution in [0.15, 0.2) is 30.3 Å². The van der Waals surface area contributed by atoms with Crippen LogP contribution in [0.5, 0.6) is 11.5 Å². The Bertz CT molecular complexity index is 1070. The summed E-state index contributed by atoms with van der Waals surface area (Å²) >= 11 is 0. The van der Waals surface area contributed by atoms with Crippen LogP contribution < -0.4 is 14.8 Å². The number of ether oxygens (including phenoxy) is 2. The highest BCUT2D eigenvalue weighted by atomic mass is 16.5. The van der Waals surface area contributed by atoms with Crippen LogP contribution in [0.3, 0.4) is 0 Å². The maximum absolute atomic E-state index is 13.4. The van der Waals surface area contributed by atoms with Gasteiger partial charge in [-0.25, -0.2) is 4.79 Å². The van der Waals surface area contributed by atoms with Gasteiger partial charge in [-0.15, -0.1) is 0 Å². The van der Waals surface area contributed by atoms with Crippen molar-refractivity contribution in [1.29, 1.82) is 0 Å². The SMILES string of the molecule is COc1ccc2c(c1)CCCC21NC(=O)N(CC(O)COc2c(C)ccc(C)c2C)C1=O. The van der Waals surface area contributed by atoms with Crippen molar-refractivity contribution < 1.29 is 24.2 Å². The van der Waals surface area contributed by atoms with E-state index in [4.69, 9.17) is 9.47 Å². The zero-order valence-electron chi connectivity index (χ0n) is 19.0. The van der Waals surface area contributed by atoms with Crippen LogP contribution in [0.4, 0.5) is 4.79 Å². The molecule has 0 bridgehead atoms. The van der Waals surface area contributed by atoms with E-state index in [1.165, 1.54) is 0 Å². The second kappa shape index (κ2) is 8.47. The molecule has 2 aliphatic rings. The fourth-order valence-corrected chi connectivity index (χ4v) is 4.73. The minimum absolute atomic E-state index is 0.0109. The number of nitrogens with one attached hydrogen (secondary N) is 1. The number of imide groups is 1. The average molecular weight is 439 g/mol. The summed E-state index contributed by atoms with van der Waals surface area (Å²) in [7, 11) is 1.60. The molecule has 1 saturated heterocycles. The number of benzene rings is 2. The zero-order valence-corrected chi connectivity index (χ0v) is 19.0. The fourth-order valence-electron chi connectivity index (χ4n) is 4.73. The van der Waals surface area contributed by atoms with E-state index in [1.54, 1.807) is 7.11 Å². The van der Waals surface area contributed by atoms with Crippen molar-refractivity contribution in [2.45, 2.75) is 51.7 Å². The fraction of sp³-hybridized carbons (Fsp3) is 0.440. The Morgan fingerprint density at radius 3 is 2.66 bits per heavy atom. The lowest BCUT2D eigenvalue weighted by atomic mass is 9.76. The molecule has 2 N–H and O–H groups in total. The van der Waals surface area contributed by atoms with E-state index in [0.29, 0.717) is 6.42 Å². The van der Waals surface area contributed by atoms with Crippen LogP contribution in [0.25, 0.3) is 0 Å². The molecule has 1 spiro atoms. The van der Waals surface area contributed by atoms with Crippen LogP contribution >= 0.6 is 0 Å². The quantitative estimate of drug-likeness (QED) is 0.677. The lowest BCUT2D eigenvalue weighted by Crippen LogP contribution is -2.47. The lowest BCUT2D eigenvalue weighted by Gasteiger charge is -2.33. The lowest BCUT2D eigenvalue weighted by molar-refractivity contribution is -0.133. The second-order valence-corrected chi connectivity index (χ2v) is 8.75. The van der Waals surface area contributed by atoms with Crippen LogP contribution in [0, 0.1) is 20.8 Å². The van der Waals surface area contributed by atoms with Gasteiger partial charge in [-0.3, -0.25) is 9.69 Å². The number of carbonyl (C=O) groups is 2. The van der Waals surface area contributed by atoms with E-state index >= 15 is 0 Å². The molecule has 0 saturated carbocycles. The van der Waals surface area contributed by atoms with Crippen molar-refractivity contribution in [3.8, 4) is 11.5 Å².